The molecule has 1 saturated heterocycles. The molecule has 1 unspecified atom stereocenters. The van der Waals surface area contributed by atoms with E-state index in [1.165, 1.54) is 4.90 Å². The van der Waals surface area contributed by atoms with Gasteiger partial charge >= 0.3 is 6.09 Å². The Morgan fingerprint density at radius 2 is 2.16 bits per heavy atom. The van der Waals surface area contributed by atoms with Gasteiger partial charge in [0.25, 0.3) is 0 Å². The average Bonchev–Trinajstić information content (AvgIpc) is 2.87. The molecule has 0 saturated carbocycles. The maximum absolute atomic E-state index is 11.2. The van der Waals surface area contributed by atoms with E-state index in [4.69, 9.17) is 4.74 Å². The first-order chi connectivity index (χ1) is 12.0. The van der Waals surface area contributed by atoms with Gasteiger partial charge in [0, 0.05) is 11.9 Å². The van der Waals surface area contributed by atoms with E-state index in [1.54, 1.807) is 10.7 Å². The largest absolute Gasteiger partial charge is 0.465 e. The van der Waals surface area contributed by atoms with Crippen molar-refractivity contribution >= 4 is 27.7 Å². The van der Waals surface area contributed by atoms with Crippen LogP contribution >= 0.6 is 0 Å². The quantitative estimate of drug-likeness (QED) is 0.477. The minimum Gasteiger partial charge on any atom is -0.465 e. The number of hydrogen-bond acceptors (Lipinski definition) is 6. The number of ether oxygens (including phenoxy) is 1. The van der Waals surface area contributed by atoms with Crippen molar-refractivity contribution in [1.82, 2.24) is 14.7 Å². The molecule has 1 amide bonds. The van der Waals surface area contributed by atoms with E-state index in [9.17, 15) is 23.4 Å². The number of carbonyl (C=O) groups is 1. The van der Waals surface area contributed by atoms with Gasteiger partial charge in [0.15, 0.2) is 10.7 Å². The van der Waals surface area contributed by atoms with Crippen LogP contribution in [0.25, 0.3) is 10.9 Å². The summed E-state index contributed by atoms with van der Waals surface area (Å²) in [6, 6.07) is 6.73. The van der Waals surface area contributed by atoms with Gasteiger partial charge in [-0.15, -0.1) is 0 Å². The fraction of sp³-hybridized carbons (Fsp3) is 0.467. The summed E-state index contributed by atoms with van der Waals surface area (Å²) in [6.07, 6.45) is -1.51. The first-order valence-corrected chi connectivity index (χ1v) is 9.18. The molecule has 1 fully saturated rings. The summed E-state index contributed by atoms with van der Waals surface area (Å²) in [6.45, 7) is 0.761. The van der Waals surface area contributed by atoms with Crippen molar-refractivity contribution in [2.75, 3.05) is 19.1 Å². The van der Waals surface area contributed by atoms with Gasteiger partial charge in [-0.05, 0) is 12.5 Å². The molecule has 10 heteroatoms. The molecule has 0 radical (unpaired) electrons. The van der Waals surface area contributed by atoms with E-state index in [-0.39, 0.29) is 19.1 Å². The minimum absolute atomic E-state index is 0.115. The van der Waals surface area contributed by atoms with Crippen LogP contribution in [0.2, 0.25) is 0 Å². The molecule has 2 aromatic rings. The Bertz CT molecular complexity index is 841. The Balaban J connectivity index is 1.86. The summed E-state index contributed by atoms with van der Waals surface area (Å²) in [5.74, 6) is -0.372. The van der Waals surface area contributed by atoms with Crippen LogP contribution in [-0.2, 0) is 22.0 Å². The number of amides is 1. The van der Waals surface area contributed by atoms with Crippen LogP contribution in [-0.4, -0.2) is 64.5 Å². The summed E-state index contributed by atoms with van der Waals surface area (Å²) >= 11 is 0. The normalized spacial score (nSPS) is 18.5. The predicted molar refractivity (Wildman–Crippen MR) is 89.0 cm³/mol. The molecule has 0 aliphatic carbocycles. The molecule has 2 atom stereocenters. The average molecular weight is 369 g/mol. The molecule has 1 aliphatic rings. The van der Waals surface area contributed by atoms with Crippen molar-refractivity contribution in [3.63, 3.8) is 0 Å². The number of aliphatic hydroxyl groups is 1. The summed E-state index contributed by atoms with van der Waals surface area (Å²) in [5, 5.41) is 25.1. The molecule has 25 heavy (non-hydrogen) atoms. The van der Waals surface area contributed by atoms with Crippen LogP contribution < -0.4 is 0 Å². The van der Waals surface area contributed by atoms with Crippen LogP contribution in [0, 0.1) is 0 Å². The van der Waals surface area contributed by atoms with Crippen LogP contribution in [0.15, 0.2) is 24.3 Å². The van der Waals surface area contributed by atoms with Gasteiger partial charge < -0.3 is 19.8 Å². The number of nitrogens with zero attached hydrogens (tertiary/aromatic N) is 3. The topological polar surface area (TPSA) is 122 Å². The fourth-order valence-electron chi connectivity index (χ4n) is 3.03. The van der Waals surface area contributed by atoms with Gasteiger partial charge in [-0.25, -0.2) is 13.2 Å². The molecule has 0 bridgehead atoms. The number of fused-ring (bicyclic) bond motifs is 1. The fourth-order valence-corrected chi connectivity index (χ4v) is 3.31. The number of carboxylic acid groups (broad SMARTS) is 1. The number of aromatic nitrogens is 2. The van der Waals surface area contributed by atoms with Gasteiger partial charge in [0.2, 0.25) is 0 Å². The summed E-state index contributed by atoms with van der Waals surface area (Å²) in [4.78, 5) is 12.4. The van der Waals surface area contributed by atoms with Gasteiger partial charge in [-0.3, -0.25) is 4.68 Å². The highest BCUT2D eigenvalue weighted by molar-refractivity contribution is 7.72. The van der Waals surface area contributed by atoms with Crippen molar-refractivity contribution in [2.45, 2.75) is 25.1 Å². The van der Waals surface area contributed by atoms with Crippen LogP contribution in [0.3, 0.4) is 0 Å². The van der Waals surface area contributed by atoms with Gasteiger partial charge in [-0.2, -0.15) is 5.10 Å². The molecule has 1 aliphatic heterocycles. The second-order valence-electron chi connectivity index (χ2n) is 5.77. The van der Waals surface area contributed by atoms with E-state index in [0.29, 0.717) is 24.2 Å². The third-order valence-electron chi connectivity index (χ3n) is 4.29. The zero-order chi connectivity index (χ0) is 18.0. The molecule has 1 aromatic heterocycles. The van der Waals surface area contributed by atoms with Crippen molar-refractivity contribution in [3.8, 4) is 0 Å². The molecule has 2 heterocycles. The van der Waals surface area contributed by atoms with Crippen molar-refractivity contribution < 1.29 is 28.2 Å². The number of aliphatic hydroxyl groups excluding tert-OH is 1. The Morgan fingerprint density at radius 1 is 1.40 bits per heavy atom. The number of benzene rings is 1. The lowest BCUT2D eigenvalue weighted by Gasteiger charge is -2.41. The number of hydrogen-bond donors (Lipinski definition) is 3. The minimum atomic E-state index is -2.61. The van der Waals surface area contributed by atoms with Crippen molar-refractivity contribution in [3.05, 3.63) is 30.0 Å². The first kappa shape index (κ1) is 17.6. The highest BCUT2D eigenvalue weighted by atomic mass is 32.2. The zero-order valence-electron chi connectivity index (χ0n) is 13.3. The number of likely N-dealkylation sites (tertiary alicyclic amines) is 1. The maximum atomic E-state index is 11.2. The number of rotatable bonds is 7. The van der Waals surface area contributed by atoms with Crippen LogP contribution in [0.4, 0.5) is 4.79 Å². The zero-order valence-corrected chi connectivity index (χ0v) is 14.2. The van der Waals surface area contributed by atoms with Crippen LogP contribution in [0.1, 0.15) is 18.2 Å². The molecule has 0 spiro atoms. The first-order valence-electron chi connectivity index (χ1n) is 7.81. The lowest BCUT2D eigenvalue weighted by Crippen LogP contribution is -2.53. The smallest absolute Gasteiger partial charge is 0.407 e. The molecule has 136 valence electrons. The Kier molecular flexibility index (Phi) is 5.21. The second-order valence-corrected chi connectivity index (χ2v) is 6.70. The Labute approximate surface area is 145 Å². The SMILES string of the molecule is O=C(O)N1CC[C@H]1C(O)c1c2ccccc2nn1CCOC[SH](=O)=O. The molecular formula is C15H19N3O6S. The Morgan fingerprint density at radius 3 is 2.80 bits per heavy atom. The van der Waals surface area contributed by atoms with Crippen LogP contribution in [0.5, 0.6) is 0 Å². The number of thiol groups is 1. The van der Waals surface area contributed by atoms with Gasteiger partial charge in [-0.1, -0.05) is 18.2 Å². The summed E-state index contributed by atoms with van der Waals surface area (Å²) in [5.41, 5.74) is 1.19. The monoisotopic (exact) mass is 369 g/mol. The highest BCUT2D eigenvalue weighted by Crippen LogP contribution is 2.34. The molecule has 1 aromatic carbocycles. The van der Waals surface area contributed by atoms with Crippen molar-refractivity contribution in [2.24, 2.45) is 0 Å². The molecular weight excluding hydrogens is 350 g/mol. The van der Waals surface area contributed by atoms with Gasteiger partial charge in [0.05, 0.1) is 30.4 Å². The molecule has 9 nitrogen and oxygen atoms in total. The van der Waals surface area contributed by atoms with E-state index < -0.39 is 28.9 Å². The second kappa shape index (κ2) is 7.38. The lowest BCUT2D eigenvalue weighted by atomic mass is 9.94. The summed E-state index contributed by atoms with van der Waals surface area (Å²) < 4.78 is 27.7. The molecule has 2 N–H and O–H groups in total. The third-order valence-corrected chi connectivity index (χ3v) is 4.68. The van der Waals surface area contributed by atoms with E-state index in [0.717, 1.165) is 5.39 Å². The standard InChI is InChI=1S/C15H19N3O6S/c19-14(12-5-6-17(12)15(20)21)13-10-3-1-2-4-11(10)16-18(13)7-8-24-9-25(22)23/h1-4,12,14,19,25H,5-9H2,(H,20,21)/t12-,14?/m0/s1. The predicted octanol–water partition coefficient (Wildman–Crippen LogP) is 0.407. The van der Waals surface area contributed by atoms with E-state index >= 15 is 0 Å². The van der Waals surface area contributed by atoms with Crippen molar-refractivity contribution in [1.29, 1.82) is 0 Å². The third kappa shape index (κ3) is 3.60. The Hall–Kier alpha value is -2.17. The van der Waals surface area contributed by atoms with E-state index in [2.05, 4.69) is 5.10 Å². The summed E-state index contributed by atoms with van der Waals surface area (Å²) in [7, 11) is -2.61. The lowest BCUT2D eigenvalue weighted by molar-refractivity contribution is -0.00892. The highest BCUT2D eigenvalue weighted by Gasteiger charge is 2.40. The molecule has 3 rings (SSSR count). The maximum Gasteiger partial charge on any atom is 0.407 e. The van der Waals surface area contributed by atoms with Gasteiger partial charge in [0.1, 0.15) is 12.0 Å². The van der Waals surface area contributed by atoms with E-state index in [1.807, 2.05) is 18.2 Å².